The molecule has 98 valence electrons. The number of ether oxygens (including phenoxy) is 1. The predicted molar refractivity (Wildman–Crippen MR) is 66.7 cm³/mol. The third-order valence-electron chi connectivity index (χ3n) is 2.62. The van der Waals surface area contributed by atoms with Crippen molar-refractivity contribution in [1.29, 1.82) is 0 Å². The van der Waals surface area contributed by atoms with Gasteiger partial charge in [0.2, 0.25) is 0 Å². The van der Waals surface area contributed by atoms with Crippen LogP contribution in [0.3, 0.4) is 0 Å². The summed E-state index contributed by atoms with van der Waals surface area (Å²) in [6.07, 6.45) is 1.66. The van der Waals surface area contributed by atoms with Gasteiger partial charge in [0.15, 0.2) is 0 Å². The summed E-state index contributed by atoms with van der Waals surface area (Å²) in [5.41, 5.74) is 0.956. The number of aromatic nitrogens is 1. The number of hydrogen-bond donors (Lipinski definition) is 1. The van der Waals surface area contributed by atoms with Gasteiger partial charge in [-0.1, -0.05) is 6.07 Å². The molecule has 1 N–H and O–H groups in total. The van der Waals surface area contributed by atoms with Crippen LogP contribution in [0.15, 0.2) is 36.5 Å². The minimum absolute atomic E-state index is 0.156. The first kappa shape index (κ1) is 13.0. The topological polar surface area (TPSA) is 59.4 Å². The number of rotatable bonds is 4. The van der Waals surface area contributed by atoms with Crippen molar-refractivity contribution in [3.8, 4) is 5.75 Å². The Morgan fingerprint density at radius 3 is 2.84 bits per heavy atom. The molecule has 0 unspecified atom stereocenters. The van der Waals surface area contributed by atoms with Gasteiger partial charge >= 0.3 is 5.97 Å². The van der Waals surface area contributed by atoms with Crippen molar-refractivity contribution in [2.24, 2.45) is 0 Å². The molecule has 1 heterocycles. The quantitative estimate of drug-likeness (QED) is 0.919. The lowest BCUT2D eigenvalue weighted by molar-refractivity contribution is 0.0692. The van der Waals surface area contributed by atoms with E-state index in [4.69, 9.17) is 9.84 Å². The fourth-order valence-corrected chi connectivity index (χ4v) is 1.60. The van der Waals surface area contributed by atoms with Crippen LogP contribution in [0.2, 0.25) is 0 Å². The molecule has 1 aromatic heterocycles. The number of carboxylic acids is 1. The van der Waals surface area contributed by atoms with Crippen LogP contribution in [0.25, 0.3) is 0 Å². The Hall–Kier alpha value is -2.43. The van der Waals surface area contributed by atoms with Crippen molar-refractivity contribution in [3.63, 3.8) is 0 Å². The molecule has 0 saturated heterocycles. The van der Waals surface area contributed by atoms with Crippen LogP contribution in [0.5, 0.6) is 5.75 Å². The molecule has 2 aromatic rings. The third kappa shape index (κ3) is 3.07. The maximum absolute atomic E-state index is 13.5. The lowest BCUT2D eigenvalue weighted by Gasteiger charge is -2.08. The van der Waals surface area contributed by atoms with Crippen LogP contribution < -0.4 is 4.74 Å². The first-order valence-electron chi connectivity index (χ1n) is 5.64. The number of halogens is 1. The summed E-state index contributed by atoms with van der Waals surface area (Å²) in [6, 6.07) is 7.43. The molecule has 1 aromatic carbocycles. The van der Waals surface area contributed by atoms with Gasteiger partial charge in [0.25, 0.3) is 0 Å². The first-order chi connectivity index (χ1) is 9.08. The number of carbonyl (C=O) groups is 1. The van der Waals surface area contributed by atoms with E-state index in [2.05, 4.69) is 4.98 Å². The number of benzene rings is 1. The SMILES string of the molecule is Cc1ncccc1OCc1ccc(C(=O)O)c(F)c1. The highest BCUT2D eigenvalue weighted by atomic mass is 19.1. The van der Waals surface area contributed by atoms with Crippen LogP contribution in [0, 0.1) is 12.7 Å². The van der Waals surface area contributed by atoms with Crippen molar-refractivity contribution in [1.82, 2.24) is 4.98 Å². The van der Waals surface area contributed by atoms with Crippen molar-refractivity contribution < 1.29 is 19.0 Å². The molecule has 0 atom stereocenters. The van der Waals surface area contributed by atoms with E-state index in [1.165, 1.54) is 12.1 Å². The van der Waals surface area contributed by atoms with Crippen LogP contribution in [0.1, 0.15) is 21.6 Å². The Balaban J connectivity index is 2.11. The maximum Gasteiger partial charge on any atom is 0.338 e. The molecule has 19 heavy (non-hydrogen) atoms. The molecule has 2 rings (SSSR count). The summed E-state index contributed by atoms with van der Waals surface area (Å²) in [7, 11) is 0. The molecule has 0 radical (unpaired) electrons. The van der Waals surface area contributed by atoms with Gasteiger partial charge in [0.05, 0.1) is 11.3 Å². The van der Waals surface area contributed by atoms with Gasteiger partial charge in [-0.05, 0) is 36.8 Å². The predicted octanol–water partition coefficient (Wildman–Crippen LogP) is 2.81. The van der Waals surface area contributed by atoms with Crippen molar-refractivity contribution in [2.45, 2.75) is 13.5 Å². The Kier molecular flexibility index (Phi) is 3.75. The Morgan fingerprint density at radius 2 is 2.21 bits per heavy atom. The summed E-state index contributed by atoms with van der Waals surface area (Å²) in [5.74, 6) is -1.44. The average molecular weight is 261 g/mol. The number of pyridine rings is 1. The molecular weight excluding hydrogens is 249 g/mol. The van der Waals surface area contributed by atoms with Crippen molar-refractivity contribution in [2.75, 3.05) is 0 Å². The zero-order valence-corrected chi connectivity index (χ0v) is 10.3. The van der Waals surface area contributed by atoms with E-state index in [0.717, 1.165) is 11.8 Å². The number of nitrogens with zero attached hydrogens (tertiary/aromatic N) is 1. The van der Waals surface area contributed by atoms with E-state index in [9.17, 15) is 9.18 Å². The minimum Gasteiger partial charge on any atom is -0.487 e. The lowest BCUT2D eigenvalue weighted by atomic mass is 10.1. The summed E-state index contributed by atoms with van der Waals surface area (Å²) < 4.78 is 19.0. The van der Waals surface area contributed by atoms with E-state index in [-0.39, 0.29) is 12.2 Å². The van der Waals surface area contributed by atoms with Gasteiger partial charge in [-0.15, -0.1) is 0 Å². The first-order valence-corrected chi connectivity index (χ1v) is 5.64. The van der Waals surface area contributed by atoms with Gasteiger partial charge in [0.1, 0.15) is 18.2 Å². The van der Waals surface area contributed by atoms with Gasteiger partial charge in [-0.3, -0.25) is 4.98 Å². The summed E-state index contributed by atoms with van der Waals surface area (Å²) in [5, 5.41) is 8.72. The molecule has 4 nitrogen and oxygen atoms in total. The third-order valence-corrected chi connectivity index (χ3v) is 2.62. The zero-order chi connectivity index (χ0) is 13.8. The molecule has 0 aliphatic heterocycles. The van der Waals surface area contributed by atoms with E-state index >= 15 is 0 Å². The Labute approximate surface area is 109 Å². The minimum atomic E-state index is -1.28. The highest BCUT2D eigenvalue weighted by Crippen LogP contribution is 2.17. The zero-order valence-electron chi connectivity index (χ0n) is 10.3. The second kappa shape index (κ2) is 5.48. The number of hydrogen-bond acceptors (Lipinski definition) is 3. The standard InChI is InChI=1S/C14H12FNO3/c1-9-13(3-2-6-16-9)19-8-10-4-5-11(14(17)18)12(15)7-10/h2-7H,8H2,1H3,(H,17,18). The van der Waals surface area contributed by atoms with Gasteiger partial charge in [0, 0.05) is 6.20 Å². The summed E-state index contributed by atoms with van der Waals surface area (Å²) in [6.45, 7) is 1.97. The van der Waals surface area contributed by atoms with Gasteiger partial charge < -0.3 is 9.84 Å². The van der Waals surface area contributed by atoms with E-state index in [0.29, 0.717) is 11.3 Å². The van der Waals surface area contributed by atoms with Crippen LogP contribution >= 0.6 is 0 Å². The molecule has 0 amide bonds. The lowest BCUT2D eigenvalue weighted by Crippen LogP contribution is -2.03. The number of aromatic carboxylic acids is 1. The molecule has 0 aliphatic carbocycles. The Bertz CT molecular complexity index is 613. The number of carboxylic acid groups (broad SMARTS) is 1. The molecule has 0 bridgehead atoms. The van der Waals surface area contributed by atoms with Crippen LogP contribution in [0.4, 0.5) is 4.39 Å². The second-order valence-corrected chi connectivity index (χ2v) is 3.99. The highest BCUT2D eigenvalue weighted by Gasteiger charge is 2.10. The summed E-state index contributed by atoms with van der Waals surface area (Å²) >= 11 is 0. The Morgan fingerprint density at radius 1 is 1.42 bits per heavy atom. The maximum atomic E-state index is 13.5. The van der Waals surface area contributed by atoms with Crippen LogP contribution in [-0.2, 0) is 6.61 Å². The van der Waals surface area contributed by atoms with E-state index in [1.807, 2.05) is 6.92 Å². The molecule has 0 spiro atoms. The monoisotopic (exact) mass is 261 g/mol. The normalized spacial score (nSPS) is 10.2. The van der Waals surface area contributed by atoms with Gasteiger partial charge in [-0.25, -0.2) is 9.18 Å². The molecule has 5 heteroatoms. The van der Waals surface area contributed by atoms with Crippen molar-refractivity contribution in [3.05, 3.63) is 59.2 Å². The molecular formula is C14H12FNO3. The molecule has 0 saturated carbocycles. The smallest absolute Gasteiger partial charge is 0.338 e. The van der Waals surface area contributed by atoms with Gasteiger partial charge in [-0.2, -0.15) is 0 Å². The number of aryl methyl sites for hydroxylation is 1. The largest absolute Gasteiger partial charge is 0.487 e. The van der Waals surface area contributed by atoms with Crippen molar-refractivity contribution >= 4 is 5.97 Å². The second-order valence-electron chi connectivity index (χ2n) is 3.99. The highest BCUT2D eigenvalue weighted by molar-refractivity contribution is 5.87. The summed E-state index contributed by atoms with van der Waals surface area (Å²) in [4.78, 5) is 14.7. The average Bonchev–Trinajstić information content (AvgIpc) is 2.37. The van der Waals surface area contributed by atoms with E-state index < -0.39 is 11.8 Å². The molecule has 0 fully saturated rings. The van der Waals surface area contributed by atoms with E-state index in [1.54, 1.807) is 18.3 Å². The fourth-order valence-electron chi connectivity index (χ4n) is 1.60. The van der Waals surface area contributed by atoms with Crippen LogP contribution in [-0.4, -0.2) is 16.1 Å². The molecule has 0 aliphatic rings. The fraction of sp³-hybridized carbons (Fsp3) is 0.143.